The molecule has 1 aromatic rings. The summed E-state index contributed by atoms with van der Waals surface area (Å²) in [6.45, 7) is 8.14. The number of carbonyl (C=O) groups excluding carboxylic acids is 1. The van der Waals surface area contributed by atoms with Gasteiger partial charge < -0.3 is 19.9 Å². The number of aryl methyl sites for hydroxylation is 1. The van der Waals surface area contributed by atoms with Gasteiger partial charge in [-0.1, -0.05) is 19.9 Å². The molecule has 2 N–H and O–H groups in total. The topological polar surface area (TPSA) is 84.9 Å². The summed E-state index contributed by atoms with van der Waals surface area (Å²) in [5, 5.41) is 11.9. The van der Waals surface area contributed by atoms with E-state index in [1.165, 1.54) is 5.56 Å². The Hall–Kier alpha value is -2.08. The number of carbonyl (C=O) groups is 2. The van der Waals surface area contributed by atoms with Crippen molar-refractivity contribution in [1.82, 2.24) is 5.32 Å². The van der Waals surface area contributed by atoms with E-state index in [0.29, 0.717) is 18.3 Å². The summed E-state index contributed by atoms with van der Waals surface area (Å²) in [4.78, 5) is 23.8. The van der Waals surface area contributed by atoms with Gasteiger partial charge in [0.1, 0.15) is 5.75 Å². The second kappa shape index (κ2) is 7.21. The summed E-state index contributed by atoms with van der Waals surface area (Å²) in [5.41, 5.74) is 0.972. The maximum Gasteiger partial charge on any atom is 0.331 e. The van der Waals surface area contributed by atoms with Crippen LogP contribution in [-0.4, -0.2) is 41.8 Å². The first kappa shape index (κ1) is 18.3. The number of carboxylic acids is 1. The minimum Gasteiger partial charge on any atom is -0.481 e. The Morgan fingerprint density at radius 2 is 2.04 bits per heavy atom. The van der Waals surface area contributed by atoms with Gasteiger partial charge in [0.2, 0.25) is 0 Å². The second-order valence-corrected chi connectivity index (χ2v) is 6.61. The zero-order chi connectivity index (χ0) is 17.9. The van der Waals surface area contributed by atoms with Gasteiger partial charge >= 0.3 is 5.97 Å². The van der Waals surface area contributed by atoms with Crippen LogP contribution in [0.25, 0.3) is 0 Å². The van der Waals surface area contributed by atoms with E-state index in [4.69, 9.17) is 9.47 Å². The Labute approximate surface area is 142 Å². The predicted octanol–water partition coefficient (Wildman–Crippen LogP) is 2.25. The van der Waals surface area contributed by atoms with Crippen LogP contribution in [0, 0.1) is 6.92 Å². The molecule has 6 heteroatoms. The summed E-state index contributed by atoms with van der Waals surface area (Å²) in [7, 11) is 0. The molecule has 0 radical (unpaired) electrons. The molecular weight excluding hydrogens is 310 g/mol. The molecule has 0 aliphatic carbocycles. The van der Waals surface area contributed by atoms with Gasteiger partial charge in [0.25, 0.3) is 5.91 Å². The third kappa shape index (κ3) is 3.87. The van der Waals surface area contributed by atoms with Gasteiger partial charge in [-0.3, -0.25) is 4.79 Å². The van der Waals surface area contributed by atoms with E-state index in [2.05, 4.69) is 19.2 Å². The van der Waals surface area contributed by atoms with Crippen molar-refractivity contribution in [2.24, 2.45) is 0 Å². The molecule has 0 spiro atoms. The number of benzene rings is 1. The largest absolute Gasteiger partial charge is 0.481 e. The molecule has 2 atom stereocenters. The van der Waals surface area contributed by atoms with E-state index in [1.54, 1.807) is 6.92 Å². The zero-order valence-corrected chi connectivity index (χ0v) is 14.6. The first-order valence-corrected chi connectivity index (χ1v) is 8.15. The van der Waals surface area contributed by atoms with Crippen molar-refractivity contribution < 1.29 is 24.2 Å². The Bertz CT molecular complexity index is 620. The predicted molar refractivity (Wildman–Crippen MR) is 89.3 cm³/mol. The van der Waals surface area contributed by atoms with E-state index in [9.17, 15) is 14.7 Å². The van der Waals surface area contributed by atoms with Crippen molar-refractivity contribution in [3.63, 3.8) is 0 Å². The van der Waals surface area contributed by atoms with Crippen LogP contribution in [-0.2, 0) is 14.3 Å². The van der Waals surface area contributed by atoms with Gasteiger partial charge in [-0.15, -0.1) is 0 Å². The fraction of sp³-hybridized carbons (Fsp3) is 0.556. The number of carboxylic acid groups (broad SMARTS) is 1. The van der Waals surface area contributed by atoms with Crippen LogP contribution in [0.1, 0.15) is 44.2 Å². The Kier molecular flexibility index (Phi) is 5.49. The summed E-state index contributed by atoms with van der Waals surface area (Å²) in [6.07, 6.45) is -0.547. The Morgan fingerprint density at radius 3 is 2.54 bits per heavy atom. The van der Waals surface area contributed by atoms with Crippen molar-refractivity contribution in [3.05, 3.63) is 29.3 Å². The quantitative estimate of drug-likeness (QED) is 0.833. The number of hydrogen-bond donors (Lipinski definition) is 2. The smallest absolute Gasteiger partial charge is 0.331 e. The molecule has 24 heavy (non-hydrogen) atoms. The average Bonchev–Trinajstić information content (AvgIpc) is 2.96. The van der Waals surface area contributed by atoms with E-state index >= 15 is 0 Å². The summed E-state index contributed by atoms with van der Waals surface area (Å²) in [6, 6.07) is 5.71. The summed E-state index contributed by atoms with van der Waals surface area (Å²) < 4.78 is 10.8. The molecule has 1 heterocycles. The van der Waals surface area contributed by atoms with E-state index in [1.807, 2.05) is 25.1 Å². The third-order valence-corrected chi connectivity index (χ3v) is 4.34. The molecule has 0 saturated carbocycles. The fourth-order valence-corrected chi connectivity index (χ4v) is 2.85. The molecule has 2 unspecified atom stereocenters. The zero-order valence-electron chi connectivity index (χ0n) is 14.6. The van der Waals surface area contributed by atoms with Gasteiger partial charge in [0, 0.05) is 13.0 Å². The van der Waals surface area contributed by atoms with Gasteiger partial charge in [-0.25, -0.2) is 4.79 Å². The highest BCUT2D eigenvalue weighted by molar-refractivity contribution is 5.89. The van der Waals surface area contributed by atoms with E-state index < -0.39 is 23.5 Å². The molecule has 1 fully saturated rings. The van der Waals surface area contributed by atoms with Gasteiger partial charge in [-0.2, -0.15) is 0 Å². The minimum absolute atomic E-state index is 0.0248. The monoisotopic (exact) mass is 335 g/mol. The molecule has 132 valence electrons. The SMILES string of the molecule is Cc1cc(OC(C)C(=O)NC2(C(=O)O)CCOC2)ccc1C(C)C. The maximum absolute atomic E-state index is 12.3. The maximum atomic E-state index is 12.3. The Morgan fingerprint density at radius 1 is 1.33 bits per heavy atom. The van der Waals surface area contributed by atoms with E-state index in [0.717, 1.165) is 5.56 Å². The number of nitrogens with one attached hydrogen (secondary N) is 1. The molecule has 1 aromatic carbocycles. The highest BCUT2D eigenvalue weighted by Crippen LogP contribution is 2.24. The summed E-state index contributed by atoms with van der Waals surface area (Å²) >= 11 is 0. The Balaban J connectivity index is 2.04. The number of hydrogen-bond acceptors (Lipinski definition) is 4. The second-order valence-electron chi connectivity index (χ2n) is 6.61. The van der Waals surface area contributed by atoms with Crippen molar-refractivity contribution >= 4 is 11.9 Å². The van der Waals surface area contributed by atoms with Crippen molar-refractivity contribution in [1.29, 1.82) is 0 Å². The van der Waals surface area contributed by atoms with Crippen LogP contribution in [0.3, 0.4) is 0 Å². The highest BCUT2D eigenvalue weighted by atomic mass is 16.5. The van der Waals surface area contributed by atoms with Crippen molar-refractivity contribution in [3.8, 4) is 5.75 Å². The van der Waals surface area contributed by atoms with Crippen LogP contribution in [0.15, 0.2) is 18.2 Å². The number of aliphatic carboxylic acids is 1. The van der Waals surface area contributed by atoms with Crippen molar-refractivity contribution in [2.45, 2.75) is 51.7 Å². The lowest BCUT2D eigenvalue weighted by Gasteiger charge is -2.26. The number of ether oxygens (including phenoxy) is 2. The highest BCUT2D eigenvalue weighted by Gasteiger charge is 2.44. The van der Waals surface area contributed by atoms with Crippen molar-refractivity contribution in [2.75, 3.05) is 13.2 Å². The van der Waals surface area contributed by atoms with Crippen LogP contribution in [0.4, 0.5) is 0 Å². The lowest BCUT2D eigenvalue weighted by atomic mass is 9.98. The minimum atomic E-state index is -1.36. The van der Waals surface area contributed by atoms with Gasteiger partial charge in [0.05, 0.1) is 6.61 Å². The first-order chi connectivity index (χ1) is 11.2. The molecule has 6 nitrogen and oxygen atoms in total. The average molecular weight is 335 g/mol. The van der Waals surface area contributed by atoms with E-state index in [-0.39, 0.29) is 13.0 Å². The molecule has 0 bridgehead atoms. The fourth-order valence-electron chi connectivity index (χ4n) is 2.85. The third-order valence-electron chi connectivity index (χ3n) is 4.34. The number of rotatable bonds is 6. The standard InChI is InChI=1S/C18H25NO5/c1-11(2)15-6-5-14(9-12(15)3)24-13(4)16(20)19-18(17(21)22)7-8-23-10-18/h5-6,9,11,13H,7-8,10H2,1-4H3,(H,19,20)(H,21,22). The molecule has 1 saturated heterocycles. The molecule has 0 aromatic heterocycles. The summed E-state index contributed by atoms with van der Waals surface area (Å²) in [5.74, 6) is -0.546. The van der Waals surface area contributed by atoms with Gasteiger partial charge in [0.15, 0.2) is 11.6 Å². The lowest BCUT2D eigenvalue weighted by Crippen LogP contribution is -2.57. The molecule has 1 amide bonds. The number of amides is 1. The molecule has 1 aliphatic rings. The lowest BCUT2D eigenvalue weighted by molar-refractivity contribution is -0.148. The molecule has 2 rings (SSSR count). The van der Waals surface area contributed by atoms with Crippen LogP contribution >= 0.6 is 0 Å². The van der Waals surface area contributed by atoms with Gasteiger partial charge in [-0.05, 0) is 43.0 Å². The van der Waals surface area contributed by atoms with Crippen LogP contribution < -0.4 is 10.1 Å². The first-order valence-electron chi connectivity index (χ1n) is 8.15. The van der Waals surface area contributed by atoms with Crippen LogP contribution in [0.2, 0.25) is 0 Å². The molecule has 1 aliphatic heterocycles. The van der Waals surface area contributed by atoms with Crippen LogP contribution in [0.5, 0.6) is 5.75 Å². The normalized spacial score (nSPS) is 21.5. The molecular formula is C18H25NO5.